The molecule has 1 atom stereocenters. The van der Waals surface area contributed by atoms with Gasteiger partial charge in [-0.3, -0.25) is 4.79 Å². The molecular weight excluding hydrogens is 254 g/mol. The highest BCUT2D eigenvalue weighted by Gasteiger charge is 2.24. The molecule has 0 saturated heterocycles. The highest BCUT2D eigenvalue weighted by atomic mass is 16.5. The second-order valence-corrected chi connectivity index (χ2v) is 5.41. The van der Waals surface area contributed by atoms with Gasteiger partial charge in [0.05, 0.1) is 13.5 Å². The number of carbonyl (C=O) groups is 2. The normalized spacial score (nSPS) is 12.1. The van der Waals surface area contributed by atoms with Crippen LogP contribution in [-0.2, 0) is 20.7 Å². The standard InChI is InChI=1S/C16H23NO3/c1-10(2)15(16(19)20-5)17-14(18)9-13-7-6-11(3)12(4)8-13/h6-8,10,15H,9H2,1-5H3,(H,17,18). The molecule has 0 aliphatic heterocycles. The zero-order valence-electron chi connectivity index (χ0n) is 12.8. The van der Waals surface area contributed by atoms with E-state index in [9.17, 15) is 9.59 Å². The number of hydrogen-bond acceptors (Lipinski definition) is 3. The maximum atomic E-state index is 12.0. The van der Waals surface area contributed by atoms with Crippen molar-refractivity contribution in [3.63, 3.8) is 0 Å². The van der Waals surface area contributed by atoms with Gasteiger partial charge in [-0.15, -0.1) is 0 Å². The predicted molar refractivity (Wildman–Crippen MR) is 78.4 cm³/mol. The van der Waals surface area contributed by atoms with Crippen LogP contribution in [0.15, 0.2) is 18.2 Å². The molecule has 0 aliphatic carbocycles. The molecule has 0 radical (unpaired) electrons. The Morgan fingerprint density at radius 3 is 2.35 bits per heavy atom. The van der Waals surface area contributed by atoms with E-state index in [4.69, 9.17) is 4.74 Å². The minimum atomic E-state index is -0.598. The van der Waals surface area contributed by atoms with E-state index in [0.717, 1.165) is 11.1 Å². The number of hydrogen-bond donors (Lipinski definition) is 1. The third kappa shape index (κ3) is 4.37. The van der Waals surface area contributed by atoms with E-state index < -0.39 is 12.0 Å². The third-order valence-corrected chi connectivity index (χ3v) is 3.37. The van der Waals surface area contributed by atoms with Crippen LogP contribution in [0.3, 0.4) is 0 Å². The molecule has 4 nitrogen and oxygen atoms in total. The summed E-state index contributed by atoms with van der Waals surface area (Å²) in [5.74, 6) is -0.586. The van der Waals surface area contributed by atoms with Crippen molar-refractivity contribution >= 4 is 11.9 Å². The number of rotatable bonds is 5. The van der Waals surface area contributed by atoms with Crippen LogP contribution in [0.1, 0.15) is 30.5 Å². The molecule has 0 aliphatic rings. The molecule has 1 N–H and O–H groups in total. The lowest BCUT2D eigenvalue weighted by Crippen LogP contribution is -2.45. The lowest BCUT2D eigenvalue weighted by atomic mass is 10.0. The van der Waals surface area contributed by atoms with Gasteiger partial charge in [0, 0.05) is 0 Å². The number of benzene rings is 1. The first-order valence-corrected chi connectivity index (χ1v) is 6.78. The fourth-order valence-corrected chi connectivity index (χ4v) is 1.95. The number of aryl methyl sites for hydroxylation is 2. The zero-order chi connectivity index (χ0) is 15.3. The summed E-state index contributed by atoms with van der Waals surface area (Å²) in [6.07, 6.45) is 0.265. The monoisotopic (exact) mass is 277 g/mol. The smallest absolute Gasteiger partial charge is 0.328 e. The van der Waals surface area contributed by atoms with Gasteiger partial charge in [-0.2, -0.15) is 0 Å². The first kappa shape index (κ1) is 16.2. The summed E-state index contributed by atoms with van der Waals surface area (Å²) in [5.41, 5.74) is 3.30. The van der Waals surface area contributed by atoms with E-state index in [2.05, 4.69) is 5.32 Å². The second-order valence-electron chi connectivity index (χ2n) is 5.41. The molecule has 1 amide bonds. The van der Waals surface area contributed by atoms with E-state index >= 15 is 0 Å². The largest absolute Gasteiger partial charge is 0.467 e. The number of nitrogens with one attached hydrogen (secondary N) is 1. The minimum Gasteiger partial charge on any atom is -0.467 e. The molecule has 0 spiro atoms. The van der Waals surface area contributed by atoms with Gasteiger partial charge < -0.3 is 10.1 Å². The zero-order valence-corrected chi connectivity index (χ0v) is 12.8. The molecule has 1 aromatic rings. The van der Waals surface area contributed by atoms with Crippen molar-refractivity contribution < 1.29 is 14.3 Å². The van der Waals surface area contributed by atoms with Crippen molar-refractivity contribution in [3.8, 4) is 0 Å². The van der Waals surface area contributed by atoms with Crippen molar-refractivity contribution in [2.24, 2.45) is 5.92 Å². The second kappa shape index (κ2) is 7.08. The van der Waals surface area contributed by atoms with E-state index in [1.165, 1.54) is 12.7 Å². The van der Waals surface area contributed by atoms with Crippen LogP contribution >= 0.6 is 0 Å². The van der Waals surface area contributed by atoms with Crippen molar-refractivity contribution in [1.82, 2.24) is 5.32 Å². The summed E-state index contributed by atoms with van der Waals surface area (Å²) in [6.45, 7) is 7.79. The van der Waals surface area contributed by atoms with Crippen LogP contribution < -0.4 is 5.32 Å². The summed E-state index contributed by atoms with van der Waals surface area (Å²) in [4.78, 5) is 23.6. The molecule has 0 saturated carbocycles. The van der Waals surface area contributed by atoms with Gasteiger partial charge in [0.15, 0.2) is 0 Å². The predicted octanol–water partition coefficient (Wildman–Crippen LogP) is 2.16. The molecule has 1 unspecified atom stereocenters. The van der Waals surface area contributed by atoms with Gasteiger partial charge >= 0.3 is 5.97 Å². The Bertz CT molecular complexity index is 494. The van der Waals surface area contributed by atoms with Crippen LogP contribution in [0, 0.1) is 19.8 Å². The molecule has 1 aromatic carbocycles. The summed E-state index contributed by atoms with van der Waals surface area (Å²) >= 11 is 0. The van der Waals surface area contributed by atoms with Crippen molar-refractivity contribution in [3.05, 3.63) is 34.9 Å². The first-order chi connectivity index (χ1) is 9.35. The molecule has 0 fully saturated rings. The molecule has 20 heavy (non-hydrogen) atoms. The van der Waals surface area contributed by atoms with Crippen LogP contribution in [0.5, 0.6) is 0 Å². The van der Waals surface area contributed by atoms with Crippen LogP contribution in [0.2, 0.25) is 0 Å². The Labute approximate surface area is 120 Å². The van der Waals surface area contributed by atoms with E-state index in [-0.39, 0.29) is 18.2 Å². The van der Waals surface area contributed by atoms with Crippen molar-refractivity contribution in [1.29, 1.82) is 0 Å². The molecular formula is C16H23NO3. The highest BCUT2D eigenvalue weighted by Crippen LogP contribution is 2.11. The fourth-order valence-electron chi connectivity index (χ4n) is 1.95. The van der Waals surface area contributed by atoms with Gasteiger partial charge in [0.1, 0.15) is 6.04 Å². The topological polar surface area (TPSA) is 55.4 Å². The van der Waals surface area contributed by atoms with Gasteiger partial charge in [-0.25, -0.2) is 4.79 Å². The third-order valence-electron chi connectivity index (χ3n) is 3.37. The highest BCUT2D eigenvalue weighted by molar-refractivity contribution is 5.85. The lowest BCUT2D eigenvalue weighted by Gasteiger charge is -2.19. The Morgan fingerprint density at radius 2 is 1.85 bits per heavy atom. The molecule has 4 heteroatoms. The van der Waals surface area contributed by atoms with Gasteiger partial charge in [-0.05, 0) is 36.5 Å². The van der Waals surface area contributed by atoms with Gasteiger partial charge in [-0.1, -0.05) is 32.0 Å². The number of esters is 1. The summed E-state index contributed by atoms with van der Waals surface area (Å²) in [5, 5.41) is 2.74. The quantitative estimate of drug-likeness (QED) is 0.839. The Kier molecular flexibility index (Phi) is 5.74. The summed E-state index contributed by atoms with van der Waals surface area (Å²) in [7, 11) is 1.33. The Balaban J connectivity index is 2.70. The van der Waals surface area contributed by atoms with Crippen LogP contribution in [0.25, 0.3) is 0 Å². The van der Waals surface area contributed by atoms with Gasteiger partial charge in [0.25, 0.3) is 0 Å². The Morgan fingerprint density at radius 1 is 1.20 bits per heavy atom. The molecule has 0 aromatic heterocycles. The van der Waals surface area contributed by atoms with Crippen molar-refractivity contribution in [2.75, 3.05) is 7.11 Å². The average Bonchev–Trinajstić information content (AvgIpc) is 2.39. The van der Waals surface area contributed by atoms with Crippen molar-refractivity contribution in [2.45, 2.75) is 40.2 Å². The van der Waals surface area contributed by atoms with E-state index in [1.54, 1.807) is 0 Å². The van der Waals surface area contributed by atoms with E-state index in [1.807, 2.05) is 45.9 Å². The molecule has 110 valence electrons. The molecule has 0 heterocycles. The SMILES string of the molecule is COC(=O)C(NC(=O)Cc1ccc(C)c(C)c1)C(C)C. The molecule has 1 rings (SSSR count). The number of methoxy groups -OCH3 is 1. The summed E-state index contributed by atoms with van der Waals surface area (Å²) < 4.78 is 4.71. The fraction of sp³-hybridized carbons (Fsp3) is 0.500. The van der Waals surface area contributed by atoms with E-state index in [0.29, 0.717) is 0 Å². The Hall–Kier alpha value is -1.84. The number of carbonyl (C=O) groups excluding carboxylic acids is 2. The minimum absolute atomic E-state index is 0.00819. The molecule has 0 bridgehead atoms. The number of amides is 1. The average molecular weight is 277 g/mol. The lowest BCUT2D eigenvalue weighted by molar-refractivity contribution is -0.146. The maximum absolute atomic E-state index is 12.0. The first-order valence-electron chi connectivity index (χ1n) is 6.78. The maximum Gasteiger partial charge on any atom is 0.328 e. The summed E-state index contributed by atoms with van der Waals surface area (Å²) in [6, 6.07) is 5.33. The van der Waals surface area contributed by atoms with Gasteiger partial charge in [0.2, 0.25) is 5.91 Å². The van der Waals surface area contributed by atoms with Crippen LogP contribution in [0.4, 0.5) is 0 Å². The number of ether oxygens (including phenoxy) is 1. The van der Waals surface area contributed by atoms with Crippen LogP contribution in [-0.4, -0.2) is 25.0 Å².